The molecule has 2 aromatic rings. The number of rotatable bonds is 4. The molecular weight excluding hydrogens is 256 g/mol. The third-order valence-electron chi connectivity index (χ3n) is 2.80. The van der Waals surface area contributed by atoms with Crippen LogP contribution in [0.4, 0.5) is 17.5 Å². The molecule has 0 atom stereocenters. The monoisotopic (exact) mass is 274 g/mol. The summed E-state index contributed by atoms with van der Waals surface area (Å²) in [4.78, 5) is 9.79. The van der Waals surface area contributed by atoms with Crippen molar-refractivity contribution in [2.75, 3.05) is 17.3 Å². The van der Waals surface area contributed by atoms with Crippen molar-refractivity contribution in [1.29, 1.82) is 0 Å². The van der Waals surface area contributed by atoms with Crippen molar-refractivity contribution >= 4 is 29.2 Å². The highest BCUT2D eigenvalue weighted by Crippen LogP contribution is 2.23. The minimum Gasteiger partial charge on any atom is -0.383 e. The van der Waals surface area contributed by atoms with Gasteiger partial charge < -0.3 is 11.1 Å². The van der Waals surface area contributed by atoms with E-state index in [4.69, 9.17) is 5.73 Å². The first-order valence-electron chi connectivity index (χ1n) is 6.13. The Hall–Kier alpha value is -1.75. The molecule has 0 spiro atoms. The van der Waals surface area contributed by atoms with E-state index < -0.39 is 0 Å². The van der Waals surface area contributed by atoms with Gasteiger partial charge in [0.05, 0.1) is 0 Å². The van der Waals surface area contributed by atoms with Crippen molar-refractivity contribution in [2.45, 2.75) is 24.7 Å². The maximum atomic E-state index is 5.94. The van der Waals surface area contributed by atoms with Crippen molar-refractivity contribution in [1.82, 2.24) is 9.97 Å². The van der Waals surface area contributed by atoms with Crippen molar-refractivity contribution in [3.8, 4) is 0 Å². The van der Waals surface area contributed by atoms with Gasteiger partial charge in [-0.2, -0.15) is 4.98 Å². The SMILES string of the molecule is CSc1cccc(Nc2ncc(C(C)C)c(N)n2)c1. The van der Waals surface area contributed by atoms with Gasteiger partial charge in [0.2, 0.25) is 5.95 Å². The lowest BCUT2D eigenvalue weighted by molar-refractivity contribution is 0.852. The molecule has 0 unspecified atom stereocenters. The minimum absolute atomic E-state index is 0.328. The van der Waals surface area contributed by atoms with Crippen LogP contribution in [-0.2, 0) is 0 Å². The van der Waals surface area contributed by atoms with Crippen molar-refractivity contribution in [3.05, 3.63) is 36.0 Å². The van der Waals surface area contributed by atoms with Crippen LogP contribution in [0.25, 0.3) is 0 Å². The fourth-order valence-electron chi connectivity index (χ4n) is 1.74. The third-order valence-corrected chi connectivity index (χ3v) is 3.52. The largest absolute Gasteiger partial charge is 0.383 e. The summed E-state index contributed by atoms with van der Waals surface area (Å²) in [6.07, 6.45) is 3.83. The standard InChI is InChI=1S/C14H18N4S/c1-9(2)12-8-16-14(18-13(12)15)17-10-5-4-6-11(7-10)19-3/h4-9H,1-3H3,(H3,15,16,17,18). The summed E-state index contributed by atoms with van der Waals surface area (Å²) in [6.45, 7) is 4.15. The average Bonchev–Trinajstić information content (AvgIpc) is 2.38. The Kier molecular flexibility index (Phi) is 4.27. The fourth-order valence-corrected chi connectivity index (χ4v) is 2.20. The van der Waals surface area contributed by atoms with Crippen LogP contribution in [0.5, 0.6) is 0 Å². The predicted molar refractivity (Wildman–Crippen MR) is 82.0 cm³/mol. The van der Waals surface area contributed by atoms with Crippen LogP contribution in [0, 0.1) is 0 Å². The number of benzene rings is 1. The number of nitrogens with one attached hydrogen (secondary N) is 1. The second kappa shape index (κ2) is 5.93. The Bertz CT molecular complexity index is 569. The van der Waals surface area contributed by atoms with Gasteiger partial charge in [-0.3, -0.25) is 0 Å². The molecule has 0 fully saturated rings. The highest BCUT2D eigenvalue weighted by molar-refractivity contribution is 7.98. The van der Waals surface area contributed by atoms with Gasteiger partial charge >= 0.3 is 0 Å². The van der Waals surface area contributed by atoms with Crippen molar-refractivity contribution < 1.29 is 0 Å². The molecule has 1 aromatic heterocycles. The first kappa shape index (κ1) is 13.7. The first-order valence-corrected chi connectivity index (χ1v) is 7.36. The number of aromatic nitrogens is 2. The van der Waals surface area contributed by atoms with Gasteiger partial charge in [0, 0.05) is 22.3 Å². The summed E-state index contributed by atoms with van der Waals surface area (Å²) in [5.74, 6) is 1.39. The van der Waals surface area contributed by atoms with E-state index in [0.717, 1.165) is 11.3 Å². The van der Waals surface area contributed by atoms with Gasteiger partial charge in [-0.05, 0) is 30.4 Å². The third kappa shape index (κ3) is 3.38. The first-order chi connectivity index (χ1) is 9.10. The zero-order valence-electron chi connectivity index (χ0n) is 11.3. The highest BCUT2D eigenvalue weighted by Gasteiger charge is 2.07. The Morgan fingerprint density at radius 1 is 1.32 bits per heavy atom. The van der Waals surface area contributed by atoms with E-state index in [1.165, 1.54) is 4.90 Å². The van der Waals surface area contributed by atoms with Crippen LogP contribution >= 0.6 is 11.8 Å². The molecule has 0 bridgehead atoms. The average molecular weight is 274 g/mol. The molecule has 0 saturated carbocycles. The quantitative estimate of drug-likeness (QED) is 0.833. The van der Waals surface area contributed by atoms with Gasteiger partial charge in [0.25, 0.3) is 0 Å². The topological polar surface area (TPSA) is 63.8 Å². The van der Waals surface area contributed by atoms with Crippen LogP contribution in [0.2, 0.25) is 0 Å². The Balaban J connectivity index is 2.21. The van der Waals surface area contributed by atoms with Gasteiger partial charge in [-0.25, -0.2) is 4.98 Å². The summed E-state index contributed by atoms with van der Waals surface area (Å²) in [5.41, 5.74) is 7.87. The maximum absolute atomic E-state index is 5.94. The smallest absolute Gasteiger partial charge is 0.229 e. The summed E-state index contributed by atoms with van der Waals surface area (Å²) in [5, 5.41) is 3.17. The van der Waals surface area contributed by atoms with E-state index in [2.05, 4.69) is 41.3 Å². The number of hydrogen-bond donors (Lipinski definition) is 2. The lowest BCUT2D eigenvalue weighted by Gasteiger charge is -2.10. The molecule has 0 aliphatic heterocycles. The predicted octanol–water partition coefficient (Wildman–Crippen LogP) is 3.65. The zero-order valence-corrected chi connectivity index (χ0v) is 12.2. The molecule has 2 rings (SSSR count). The maximum Gasteiger partial charge on any atom is 0.229 e. The number of nitrogens with zero attached hydrogens (tertiary/aromatic N) is 2. The van der Waals surface area contributed by atoms with E-state index in [1.54, 1.807) is 18.0 Å². The van der Waals surface area contributed by atoms with Crippen LogP contribution in [0.15, 0.2) is 35.4 Å². The Morgan fingerprint density at radius 2 is 2.11 bits per heavy atom. The molecule has 0 radical (unpaired) electrons. The normalized spacial score (nSPS) is 10.7. The summed E-state index contributed by atoms with van der Waals surface area (Å²) >= 11 is 1.70. The lowest BCUT2D eigenvalue weighted by atomic mass is 10.1. The van der Waals surface area contributed by atoms with Crippen molar-refractivity contribution in [2.24, 2.45) is 0 Å². The molecule has 0 aliphatic rings. The second-order valence-corrected chi connectivity index (χ2v) is 5.43. The number of nitrogen functional groups attached to an aromatic ring is 1. The van der Waals surface area contributed by atoms with Gasteiger partial charge in [0.15, 0.2) is 0 Å². The molecule has 5 heteroatoms. The molecule has 1 aromatic carbocycles. The zero-order chi connectivity index (χ0) is 13.8. The molecule has 0 amide bonds. The lowest BCUT2D eigenvalue weighted by Crippen LogP contribution is -2.05. The van der Waals surface area contributed by atoms with Crippen LogP contribution in [-0.4, -0.2) is 16.2 Å². The van der Waals surface area contributed by atoms with Crippen LogP contribution in [0.1, 0.15) is 25.3 Å². The second-order valence-electron chi connectivity index (χ2n) is 4.55. The van der Waals surface area contributed by atoms with Gasteiger partial charge in [-0.1, -0.05) is 19.9 Å². The molecule has 100 valence electrons. The van der Waals surface area contributed by atoms with E-state index >= 15 is 0 Å². The van der Waals surface area contributed by atoms with E-state index in [9.17, 15) is 0 Å². The molecule has 3 N–H and O–H groups in total. The minimum atomic E-state index is 0.328. The molecule has 19 heavy (non-hydrogen) atoms. The van der Waals surface area contributed by atoms with Crippen LogP contribution in [0.3, 0.4) is 0 Å². The molecule has 4 nitrogen and oxygen atoms in total. The highest BCUT2D eigenvalue weighted by atomic mass is 32.2. The number of nitrogens with two attached hydrogens (primary N) is 1. The molecule has 0 saturated heterocycles. The van der Waals surface area contributed by atoms with Crippen molar-refractivity contribution in [3.63, 3.8) is 0 Å². The van der Waals surface area contributed by atoms with Gasteiger partial charge in [0.1, 0.15) is 5.82 Å². The Morgan fingerprint density at radius 3 is 2.74 bits per heavy atom. The molecular formula is C14H18N4S. The van der Waals surface area contributed by atoms with E-state index in [0.29, 0.717) is 17.7 Å². The summed E-state index contributed by atoms with van der Waals surface area (Å²) in [6, 6.07) is 8.10. The number of anilines is 3. The van der Waals surface area contributed by atoms with Crippen LogP contribution < -0.4 is 11.1 Å². The fraction of sp³-hybridized carbons (Fsp3) is 0.286. The van der Waals surface area contributed by atoms with Gasteiger partial charge in [-0.15, -0.1) is 11.8 Å². The molecule has 0 aliphatic carbocycles. The Labute approximate surface area is 117 Å². The number of thioether (sulfide) groups is 1. The molecule has 1 heterocycles. The van der Waals surface area contributed by atoms with E-state index in [-0.39, 0.29) is 0 Å². The summed E-state index contributed by atoms with van der Waals surface area (Å²) < 4.78 is 0. The van der Waals surface area contributed by atoms with E-state index in [1.807, 2.05) is 18.4 Å². The number of hydrogen-bond acceptors (Lipinski definition) is 5. The summed E-state index contributed by atoms with van der Waals surface area (Å²) in [7, 11) is 0.